The monoisotopic (exact) mass is 434 g/mol. The molecule has 0 fully saturated rings. The van der Waals surface area contributed by atoms with Gasteiger partial charge in [-0.25, -0.2) is 4.79 Å². The number of nitrogens with two attached hydrogens (primary N) is 1. The zero-order chi connectivity index (χ0) is 22.9. The van der Waals surface area contributed by atoms with Gasteiger partial charge in [0.2, 0.25) is 11.2 Å². The van der Waals surface area contributed by atoms with Crippen molar-refractivity contribution in [3.05, 3.63) is 96.6 Å². The maximum Gasteiger partial charge on any atom is 0.335 e. The number of nitrogens with zero attached hydrogens (tertiary/aromatic N) is 1. The third-order valence-electron chi connectivity index (χ3n) is 5.91. The molecule has 4 N–H and O–H groups in total. The van der Waals surface area contributed by atoms with Crippen molar-refractivity contribution in [2.75, 3.05) is 11.1 Å². The second-order valence-electron chi connectivity index (χ2n) is 8.01. The minimum absolute atomic E-state index is 0.249. The maximum atomic E-state index is 11.3. The number of anilines is 3. The van der Waals surface area contributed by atoms with Crippen LogP contribution in [-0.4, -0.2) is 11.1 Å². The zero-order valence-corrected chi connectivity index (χ0v) is 18.2. The Kier molecular flexibility index (Phi) is 5.15. The van der Waals surface area contributed by atoms with E-state index < -0.39 is 5.97 Å². The zero-order valence-electron chi connectivity index (χ0n) is 18.2. The van der Waals surface area contributed by atoms with Crippen LogP contribution < -0.4 is 15.6 Å². The van der Waals surface area contributed by atoms with E-state index in [2.05, 4.69) is 47.1 Å². The molecule has 0 unspecified atom stereocenters. The molecule has 0 atom stereocenters. The Morgan fingerprint density at radius 3 is 2.36 bits per heavy atom. The number of nitrogen functional groups attached to an aromatic ring is 1. The molecule has 5 aromatic rings. The number of aromatic nitrogens is 1. The molecule has 4 aromatic carbocycles. The number of benzene rings is 4. The molecule has 162 valence electrons. The quantitative estimate of drug-likeness (QED) is 0.180. The Morgan fingerprint density at radius 1 is 0.848 bits per heavy atom. The fraction of sp³-hybridized carbons (Fsp3) is 0.0714. The van der Waals surface area contributed by atoms with Gasteiger partial charge in [-0.1, -0.05) is 30.3 Å². The lowest BCUT2D eigenvalue weighted by Crippen LogP contribution is -2.36. The molecule has 5 heteroatoms. The summed E-state index contributed by atoms with van der Waals surface area (Å²) in [5.41, 5.74) is 12.1. The van der Waals surface area contributed by atoms with Crippen LogP contribution >= 0.6 is 0 Å². The number of carboxylic acids is 1. The Labute approximate surface area is 191 Å². The summed E-state index contributed by atoms with van der Waals surface area (Å²) in [6, 6.07) is 29.5. The molecular weight excluding hydrogens is 410 g/mol. The first kappa shape index (κ1) is 20.5. The van der Waals surface area contributed by atoms with E-state index in [-0.39, 0.29) is 5.56 Å². The SMILES string of the molecule is CC[n+]1c(-c2ccccc2)c2cc(N)ccc2c2ccc(Nc3cccc(C(=O)O)c3)cc21. The normalized spacial score (nSPS) is 11.1. The number of aromatic carboxylic acids is 1. The minimum atomic E-state index is -0.945. The molecule has 0 aliphatic carbocycles. The summed E-state index contributed by atoms with van der Waals surface area (Å²) < 4.78 is 2.31. The fourth-order valence-electron chi connectivity index (χ4n) is 4.45. The molecule has 5 rings (SSSR count). The van der Waals surface area contributed by atoms with E-state index >= 15 is 0 Å². The number of pyridine rings is 1. The summed E-state index contributed by atoms with van der Waals surface area (Å²) in [6.45, 7) is 2.92. The minimum Gasteiger partial charge on any atom is -0.478 e. The van der Waals surface area contributed by atoms with Crippen LogP contribution in [0.4, 0.5) is 17.1 Å². The van der Waals surface area contributed by atoms with Crippen molar-refractivity contribution in [2.45, 2.75) is 13.5 Å². The Morgan fingerprint density at radius 2 is 1.61 bits per heavy atom. The topological polar surface area (TPSA) is 79.2 Å². The number of hydrogen-bond donors (Lipinski definition) is 3. The summed E-state index contributed by atoms with van der Waals surface area (Å²) in [5, 5.41) is 16.1. The van der Waals surface area contributed by atoms with Crippen molar-refractivity contribution in [3.63, 3.8) is 0 Å². The highest BCUT2D eigenvalue weighted by molar-refractivity contribution is 6.10. The van der Waals surface area contributed by atoms with Crippen LogP contribution in [0.5, 0.6) is 0 Å². The van der Waals surface area contributed by atoms with Crippen LogP contribution in [0.3, 0.4) is 0 Å². The van der Waals surface area contributed by atoms with Crippen LogP contribution in [0.1, 0.15) is 17.3 Å². The molecular formula is C28H24N3O2+. The summed E-state index contributed by atoms with van der Waals surface area (Å²) in [6.07, 6.45) is 0. The van der Waals surface area contributed by atoms with E-state index in [0.717, 1.165) is 56.5 Å². The number of nitrogens with one attached hydrogen (secondary N) is 1. The molecule has 0 bridgehead atoms. The maximum absolute atomic E-state index is 11.3. The van der Waals surface area contributed by atoms with Crippen molar-refractivity contribution < 1.29 is 14.5 Å². The third kappa shape index (κ3) is 3.74. The molecule has 1 heterocycles. The number of aryl methyl sites for hydroxylation is 1. The second kappa shape index (κ2) is 8.28. The molecule has 33 heavy (non-hydrogen) atoms. The van der Waals surface area contributed by atoms with Gasteiger partial charge in [0.05, 0.1) is 16.3 Å². The van der Waals surface area contributed by atoms with Gasteiger partial charge >= 0.3 is 5.97 Å². The largest absolute Gasteiger partial charge is 0.478 e. The predicted molar refractivity (Wildman–Crippen MR) is 134 cm³/mol. The molecule has 0 saturated heterocycles. The lowest BCUT2D eigenvalue weighted by Gasteiger charge is -2.13. The predicted octanol–water partition coefficient (Wildman–Crippen LogP) is 5.99. The highest BCUT2D eigenvalue weighted by Crippen LogP contribution is 2.34. The van der Waals surface area contributed by atoms with Crippen molar-refractivity contribution in [1.82, 2.24) is 0 Å². The van der Waals surface area contributed by atoms with E-state index in [4.69, 9.17) is 5.73 Å². The Bertz CT molecular complexity index is 1510. The molecule has 0 amide bonds. The van der Waals surface area contributed by atoms with E-state index in [1.807, 2.05) is 42.5 Å². The highest BCUT2D eigenvalue weighted by atomic mass is 16.4. The highest BCUT2D eigenvalue weighted by Gasteiger charge is 2.22. The van der Waals surface area contributed by atoms with Gasteiger partial charge in [-0.15, -0.1) is 0 Å². The van der Waals surface area contributed by atoms with Gasteiger partial charge in [0.25, 0.3) is 0 Å². The van der Waals surface area contributed by atoms with Crippen LogP contribution in [0.2, 0.25) is 0 Å². The first-order chi connectivity index (χ1) is 16.0. The van der Waals surface area contributed by atoms with Gasteiger partial charge < -0.3 is 16.2 Å². The standard InChI is InChI=1S/C28H23N3O2/c1-2-31-26-17-22(30-21-10-6-9-19(15-21)28(32)33)12-14-24(26)23-13-11-20(29)16-25(23)27(31)18-7-4-3-5-8-18/h3-17H,2,29H2,1H3,(H,32,33)/p+1. The number of rotatable bonds is 5. The average molecular weight is 435 g/mol. The number of carboxylic acid groups (broad SMARTS) is 1. The smallest absolute Gasteiger partial charge is 0.335 e. The van der Waals surface area contributed by atoms with Crippen LogP contribution in [0.25, 0.3) is 32.9 Å². The van der Waals surface area contributed by atoms with E-state index in [0.29, 0.717) is 0 Å². The molecule has 5 nitrogen and oxygen atoms in total. The first-order valence-electron chi connectivity index (χ1n) is 10.9. The van der Waals surface area contributed by atoms with Gasteiger partial charge in [0.1, 0.15) is 6.54 Å². The lowest BCUT2D eigenvalue weighted by atomic mass is 9.98. The summed E-state index contributed by atoms with van der Waals surface area (Å²) in [5.74, 6) is -0.945. The molecule has 0 spiro atoms. The summed E-state index contributed by atoms with van der Waals surface area (Å²) in [7, 11) is 0. The first-order valence-corrected chi connectivity index (χ1v) is 10.9. The third-order valence-corrected chi connectivity index (χ3v) is 5.91. The molecule has 0 aliphatic rings. The van der Waals surface area contributed by atoms with E-state index in [1.54, 1.807) is 18.2 Å². The molecule has 1 aromatic heterocycles. The second-order valence-corrected chi connectivity index (χ2v) is 8.01. The number of fused-ring (bicyclic) bond motifs is 3. The number of hydrogen-bond acceptors (Lipinski definition) is 3. The van der Waals surface area contributed by atoms with Crippen molar-refractivity contribution in [2.24, 2.45) is 0 Å². The number of carbonyl (C=O) groups is 1. The van der Waals surface area contributed by atoms with Crippen LogP contribution in [0.15, 0.2) is 91.0 Å². The summed E-state index contributed by atoms with van der Waals surface area (Å²) >= 11 is 0. The lowest BCUT2D eigenvalue weighted by molar-refractivity contribution is -0.655. The average Bonchev–Trinajstić information content (AvgIpc) is 2.83. The Balaban J connectivity index is 1.75. The van der Waals surface area contributed by atoms with Crippen molar-refractivity contribution in [3.8, 4) is 11.3 Å². The molecule has 0 saturated carbocycles. The molecule has 0 radical (unpaired) electrons. The van der Waals surface area contributed by atoms with Gasteiger partial charge in [-0.05, 0) is 61.5 Å². The van der Waals surface area contributed by atoms with E-state index in [1.165, 1.54) is 0 Å². The molecule has 0 aliphatic heterocycles. The van der Waals surface area contributed by atoms with Crippen LogP contribution in [-0.2, 0) is 6.54 Å². The van der Waals surface area contributed by atoms with Crippen LogP contribution in [0, 0.1) is 0 Å². The van der Waals surface area contributed by atoms with Gasteiger partial charge in [-0.2, -0.15) is 4.57 Å². The Hall–Kier alpha value is -4.38. The van der Waals surface area contributed by atoms with Crippen molar-refractivity contribution in [1.29, 1.82) is 0 Å². The van der Waals surface area contributed by atoms with Crippen molar-refractivity contribution >= 4 is 44.7 Å². The summed E-state index contributed by atoms with van der Waals surface area (Å²) in [4.78, 5) is 11.3. The van der Waals surface area contributed by atoms with E-state index in [9.17, 15) is 9.90 Å². The fourth-order valence-corrected chi connectivity index (χ4v) is 4.45. The van der Waals surface area contributed by atoms with Gasteiger partial charge in [-0.3, -0.25) is 0 Å². The van der Waals surface area contributed by atoms with Gasteiger partial charge in [0, 0.05) is 34.1 Å². The van der Waals surface area contributed by atoms with Gasteiger partial charge in [0.15, 0.2) is 0 Å².